The van der Waals surface area contributed by atoms with Crippen molar-refractivity contribution in [2.45, 2.75) is 6.42 Å². The summed E-state index contributed by atoms with van der Waals surface area (Å²) >= 11 is 6.07. The molecule has 196 valence electrons. The Labute approximate surface area is 223 Å². The van der Waals surface area contributed by atoms with Crippen LogP contribution in [0.5, 0.6) is 5.88 Å². The number of fused-ring (bicyclic) bond motifs is 2. The molecule has 4 aromatic heterocycles. The third kappa shape index (κ3) is 3.90. The van der Waals surface area contributed by atoms with Crippen LogP contribution >= 0.6 is 11.6 Å². The van der Waals surface area contributed by atoms with Gasteiger partial charge in [-0.05, 0) is 30.7 Å². The molecule has 1 aromatic carbocycles. The second-order valence-electron chi connectivity index (χ2n) is 8.99. The quantitative estimate of drug-likeness (QED) is 0.337. The molecule has 5 heterocycles. The van der Waals surface area contributed by atoms with E-state index in [0.717, 1.165) is 16.7 Å². The second kappa shape index (κ2) is 9.21. The smallest absolute Gasteiger partial charge is 0.342 e. The summed E-state index contributed by atoms with van der Waals surface area (Å²) in [5.41, 5.74) is -1.06. The molecule has 0 radical (unpaired) electrons. The van der Waals surface area contributed by atoms with E-state index in [1.54, 1.807) is 6.07 Å². The lowest BCUT2D eigenvalue weighted by molar-refractivity contribution is 0.402. The highest BCUT2D eigenvalue weighted by atomic mass is 35.5. The van der Waals surface area contributed by atoms with E-state index in [0.29, 0.717) is 25.3 Å². The summed E-state index contributed by atoms with van der Waals surface area (Å²) in [6.07, 6.45) is 3.25. The van der Waals surface area contributed by atoms with Crippen LogP contribution in [0.4, 0.5) is 14.6 Å². The van der Waals surface area contributed by atoms with Gasteiger partial charge < -0.3 is 9.64 Å². The van der Waals surface area contributed by atoms with Crippen molar-refractivity contribution in [1.82, 2.24) is 23.5 Å². The van der Waals surface area contributed by atoms with Gasteiger partial charge in [0.1, 0.15) is 34.3 Å². The molecule has 1 atom stereocenters. The maximum Gasteiger partial charge on any atom is 0.342 e. The number of hydrogen-bond acceptors (Lipinski definition) is 7. The molecule has 0 bridgehead atoms. The first-order valence-corrected chi connectivity index (χ1v) is 12.2. The van der Waals surface area contributed by atoms with Crippen molar-refractivity contribution in [1.29, 1.82) is 5.26 Å². The van der Waals surface area contributed by atoms with E-state index in [4.69, 9.17) is 16.3 Å². The Morgan fingerprint density at radius 1 is 1.15 bits per heavy atom. The maximum atomic E-state index is 14.1. The number of rotatable bonds is 4. The minimum Gasteiger partial charge on any atom is -0.480 e. The molecule has 0 amide bonds. The highest BCUT2D eigenvalue weighted by Gasteiger charge is 2.27. The topological polar surface area (TPSA) is 110 Å². The fourth-order valence-electron chi connectivity index (χ4n) is 4.84. The van der Waals surface area contributed by atoms with Gasteiger partial charge in [0.15, 0.2) is 0 Å². The normalized spacial score (nSPS) is 15.3. The Kier molecular flexibility index (Phi) is 5.80. The summed E-state index contributed by atoms with van der Waals surface area (Å²) < 4.78 is 36.9. The fraction of sp³-hybridized carbons (Fsp3) is 0.192. The predicted molar refractivity (Wildman–Crippen MR) is 139 cm³/mol. The molecule has 13 heteroatoms. The summed E-state index contributed by atoms with van der Waals surface area (Å²) in [6.45, 7) is 0.960. The van der Waals surface area contributed by atoms with Crippen LogP contribution in [0.3, 0.4) is 0 Å². The molecule has 6 rings (SSSR count). The highest BCUT2D eigenvalue weighted by molar-refractivity contribution is 6.30. The van der Waals surface area contributed by atoms with E-state index in [1.165, 1.54) is 46.7 Å². The lowest BCUT2D eigenvalue weighted by Crippen LogP contribution is -2.39. The average Bonchev–Trinajstić information content (AvgIpc) is 3.57. The van der Waals surface area contributed by atoms with Crippen LogP contribution < -0.4 is 20.9 Å². The third-order valence-corrected chi connectivity index (χ3v) is 7.02. The fourth-order valence-corrected chi connectivity index (χ4v) is 5.02. The van der Waals surface area contributed by atoms with Gasteiger partial charge in [-0.1, -0.05) is 11.6 Å². The number of nitrogens with zero attached hydrogens (tertiary/aromatic N) is 7. The standard InChI is InChI=1S/C26H18ClF2N7O3/c1-39-24-23-19(10-21(32-24)33-6-4-14(11-30)13-33)35(16-2-3-18(29)17(27)9-16)26(38)36(25(23)37)22-12-31-20-8-15(28)5-7-34(20)22/h2-3,5,7-10,12,14H,4,6,13H2,1H3/t14-/m0/s1. The van der Waals surface area contributed by atoms with Gasteiger partial charge in [0, 0.05) is 31.4 Å². The van der Waals surface area contributed by atoms with Gasteiger partial charge in [0.05, 0.1) is 41.5 Å². The molecular formula is C26H18ClF2N7O3. The first-order valence-electron chi connectivity index (χ1n) is 11.8. The molecule has 1 aliphatic heterocycles. The Bertz CT molecular complexity index is 1960. The van der Waals surface area contributed by atoms with Crippen molar-refractivity contribution in [3.8, 4) is 23.5 Å². The number of aromatic nitrogens is 5. The second-order valence-corrected chi connectivity index (χ2v) is 9.40. The van der Waals surface area contributed by atoms with Crippen molar-refractivity contribution in [2.24, 2.45) is 5.92 Å². The Morgan fingerprint density at radius 3 is 2.69 bits per heavy atom. The number of pyridine rings is 2. The van der Waals surface area contributed by atoms with E-state index in [2.05, 4.69) is 16.0 Å². The van der Waals surface area contributed by atoms with Gasteiger partial charge in [-0.3, -0.25) is 13.8 Å². The van der Waals surface area contributed by atoms with E-state index in [1.807, 2.05) is 4.90 Å². The Hall–Kier alpha value is -4.76. The summed E-state index contributed by atoms with van der Waals surface area (Å²) in [6, 6.07) is 9.87. The van der Waals surface area contributed by atoms with E-state index < -0.39 is 22.9 Å². The molecule has 1 saturated heterocycles. The molecule has 0 spiro atoms. The summed E-state index contributed by atoms with van der Waals surface area (Å²) in [5.74, 6) is -1.02. The van der Waals surface area contributed by atoms with Crippen LogP contribution in [0, 0.1) is 28.9 Å². The van der Waals surface area contributed by atoms with Crippen LogP contribution in [-0.4, -0.2) is 43.7 Å². The number of hydrogen-bond donors (Lipinski definition) is 0. The van der Waals surface area contributed by atoms with Crippen molar-refractivity contribution >= 4 is 34.0 Å². The number of anilines is 1. The predicted octanol–water partition coefficient (Wildman–Crippen LogP) is 3.47. The Balaban J connectivity index is 1.72. The van der Waals surface area contributed by atoms with Crippen molar-refractivity contribution in [2.75, 3.05) is 25.1 Å². The third-order valence-electron chi connectivity index (χ3n) is 6.73. The average molecular weight is 550 g/mol. The monoisotopic (exact) mass is 549 g/mol. The van der Waals surface area contributed by atoms with E-state index >= 15 is 0 Å². The van der Waals surface area contributed by atoms with Crippen LogP contribution in [0.25, 0.3) is 28.1 Å². The molecule has 1 fully saturated rings. The molecule has 39 heavy (non-hydrogen) atoms. The van der Waals surface area contributed by atoms with Crippen LogP contribution in [0.2, 0.25) is 5.02 Å². The van der Waals surface area contributed by atoms with Gasteiger partial charge in [0.25, 0.3) is 5.56 Å². The molecule has 0 aliphatic carbocycles. The number of imidazole rings is 1. The van der Waals surface area contributed by atoms with E-state index in [9.17, 15) is 23.6 Å². The van der Waals surface area contributed by atoms with Crippen molar-refractivity contribution in [3.63, 3.8) is 0 Å². The van der Waals surface area contributed by atoms with Gasteiger partial charge in [-0.2, -0.15) is 10.2 Å². The first kappa shape index (κ1) is 24.6. The number of nitriles is 1. The van der Waals surface area contributed by atoms with Crippen LogP contribution in [0.1, 0.15) is 6.42 Å². The molecule has 1 aliphatic rings. The van der Waals surface area contributed by atoms with Gasteiger partial charge in [-0.15, -0.1) is 0 Å². The SMILES string of the molecule is COc1nc(N2CC[C@@H](C#N)C2)cc2c1c(=O)n(-c1cnc3cc(F)ccn13)c(=O)n2-c1ccc(F)c(Cl)c1. The van der Waals surface area contributed by atoms with Gasteiger partial charge in [-0.25, -0.2) is 23.1 Å². The molecular weight excluding hydrogens is 532 g/mol. The van der Waals surface area contributed by atoms with E-state index in [-0.39, 0.29) is 44.9 Å². The number of ether oxygens (including phenoxy) is 1. The maximum absolute atomic E-state index is 14.1. The molecule has 0 N–H and O–H groups in total. The van der Waals surface area contributed by atoms with Crippen LogP contribution in [0.15, 0.2) is 58.4 Å². The van der Waals surface area contributed by atoms with Crippen molar-refractivity contribution < 1.29 is 13.5 Å². The van der Waals surface area contributed by atoms with Crippen LogP contribution in [-0.2, 0) is 0 Å². The summed E-state index contributed by atoms with van der Waals surface area (Å²) in [5, 5.41) is 9.08. The molecule has 0 unspecified atom stereocenters. The minimum atomic E-state index is -0.808. The zero-order valence-corrected chi connectivity index (χ0v) is 21.1. The lowest BCUT2D eigenvalue weighted by Gasteiger charge is -2.20. The molecule has 5 aromatic rings. The zero-order chi connectivity index (χ0) is 27.4. The number of benzene rings is 1. The molecule has 0 saturated carbocycles. The summed E-state index contributed by atoms with van der Waals surface area (Å²) in [7, 11) is 1.35. The van der Waals surface area contributed by atoms with Gasteiger partial charge in [0.2, 0.25) is 5.88 Å². The summed E-state index contributed by atoms with van der Waals surface area (Å²) in [4.78, 5) is 38.6. The first-order chi connectivity index (χ1) is 18.8. The van der Waals surface area contributed by atoms with Crippen molar-refractivity contribution in [3.05, 3.63) is 86.3 Å². The minimum absolute atomic E-state index is 0.0330. The number of methoxy groups -OCH3 is 1. The van der Waals surface area contributed by atoms with Gasteiger partial charge >= 0.3 is 5.69 Å². The Morgan fingerprint density at radius 2 is 1.97 bits per heavy atom. The highest BCUT2D eigenvalue weighted by Crippen LogP contribution is 2.30. The lowest BCUT2D eigenvalue weighted by atomic mass is 10.1. The zero-order valence-electron chi connectivity index (χ0n) is 20.3. The largest absolute Gasteiger partial charge is 0.480 e. The molecule has 10 nitrogen and oxygen atoms in total. The number of halogens is 3.